The first-order chi connectivity index (χ1) is 11.9. The van der Waals surface area contributed by atoms with Gasteiger partial charge in [0.05, 0.1) is 6.20 Å². The molecule has 1 aromatic heterocycles. The van der Waals surface area contributed by atoms with Gasteiger partial charge in [0, 0.05) is 24.7 Å². The first-order valence-electron chi connectivity index (χ1n) is 8.63. The Morgan fingerprint density at radius 3 is 2.92 bits per heavy atom. The van der Waals surface area contributed by atoms with Crippen LogP contribution in [0.25, 0.3) is 0 Å². The van der Waals surface area contributed by atoms with E-state index in [9.17, 15) is 9.90 Å². The van der Waals surface area contributed by atoms with E-state index in [-0.39, 0.29) is 6.04 Å². The number of nitrogens with zero attached hydrogens (tertiary/aromatic N) is 4. The minimum absolute atomic E-state index is 0.209. The van der Waals surface area contributed by atoms with Crippen LogP contribution in [0, 0.1) is 0 Å². The number of nitrogens with two attached hydrogens (primary N) is 1. The summed E-state index contributed by atoms with van der Waals surface area (Å²) in [6.07, 6.45) is 3.38. The van der Waals surface area contributed by atoms with Gasteiger partial charge in [0.25, 0.3) is 0 Å². The summed E-state index contributed by atoms with van der Waals surface area (Å²) < 4.78 is 1.77. The molecule has 0 unspecified atom stereocenters. The lowest BCUT2D eigenvalue weighted by atomic mass is 9.89. The molecular formula is C18H25N5O2. The van der Waals surface area contributed by atoms with E-state index in [1.54, 1.807) is 10.7 Å². The Balaban J connectivity index is 1.74. The molecule has 1 saturated heterocycles. The number of carbonyl (C=O) groups excluding carboxylic acids is 1. The number of hydrogen-bond donors (Lipinski definition) is 2. The quantitative estimate of drug-likeness (QED) is 0.856. The van der Waals surface area contributed by atoms with Gasteiger partial charge in [-0.3, -0.25) is 9.69 Å². The van der Waals surface area contributed by atoms with Gasteiger partial charge in [0.15, 0.2) is 0 Å². The summed E-state index contributed by atoms with van der Waals surface area (Å²) in [4.78, 5) is 13.5. The molecule has 0 spiro atoms. The maximum atomic E-state index is 11.3. The topological polar surface area (TPSA) is 97.3 Å². The fourth-order valence-corrected chi connectivity index (χ4v) is 3.29. The Bertz CT molecular complexity index is 757. The van der Waals surface area contributed by atoms with Crippen LogP contribution in [0.4, 0.5) is 0 Å². The first kappa shape index (κ1) is 17.6. The van der Waals surface area contributed by atoms with Gasteiger partial charge in [0.1, 0.15) is 11.3 Å². The van der Waals surface area contributed by atoms with E-state index in [4.69, 9.17) is 5.73 Å². The summed E-state index contributed by atoms with van der Waals surface area (Å²) in [6, 6.07) is 7.53. The minimum Gasteiger partial charge on any atom is -0.382 e. The minimum atomic E-state index is -0.993. The Kier molecular flexibility index (Phi) is 4.87. The third-order valence-electron chi connectivity index (χ3n) is 4.68. The molecule has 1 fully saturated rings. The van der Waals surface area contributed by atoms with Crippen LogP contribution < -0.4 is 5.73 Å². The smallest absolute Gasteiger partial charge is 0.248 e. The summed E-state index contributed by atoms with van der Waals surface area (Å²) >= 11 is 0. The third-order valence-corrected chi connectivity index (χ3v) is 4.68. The molecule has 1 aromatic carbocycles. The molecule has 0 bridgehead atoms. The number of likely N-dealkylation sites (tertiary alicyclic amines) is 1. The SMILES string of the molecule is CC(C)n1cc([C@@]2(O)CCCN(Cc3cccc(C(N)=O)c3)C2)nn1. The maximum absolute atomic E-state index is 11.3. The number of hydrogen-bond acceptors (Lipinski definition) is 5. The van der Waals surface area contributed by atoms with E-state index in [0.717, 1.165) is 18.5 Å². The second-order valence-corrected chi connectivity index (χ2v) is 7.09. The number of benzene rings is 1. The van der Waals surface area contributed by atoms with Crippen molar-refractivity contribution in [1.29, 1.82) is 0 Å². The van der Waals surface area contributed by atoms with E-state index >= 15 is 0 Å². The molecule has 134 valence electrons. The summed E-state index contributed by atoms with van der Waals surface area (Å²) in [5.41, 5.74) is 6.49. The van der Waals surface area contributed by atoms with Crippen molar-refractivity contribution in [2.24, 2.45) is 5.73 Å². The van der Waals surface area contributed by atoms with Crippen LogP contribution in [0.5, 0.6) is 0 Å². The van der Waals surface area contributed by atoms with Gasteiger partial charge in [-0.15, -0.1) is 5.10 Å². The van der Waals surface area contributed by atoms with Crippen molar-refractivity contribution in [3.63, 3.8) is 0 Å². The molecule has 0 aliphatic carbocycles. The van der Waals surface area contributed by atoms with Crippen molar-refractivity contribution in [3.8, 4) is 0 Å². The zero-order valence-electron chi connectivity index (χ0n) is 14.7. The maximum Gasteiger partial charge on any atom is 0.248 e. The number of amides is 1. The number of aromatic nitrogens is 3. The largest absolute Gasteiger partial charge is 0.382 e. The standard InChI is InChI=1S/C18H25N5O2/c1-13(2)23-11-16(20-21-23)18(25)7-4-8-22(12-18)10-14-5-3-6-15(9-14)17(19)24/h3,5-6,9,11,13,25H,4,7-8,10,12H2,1-2H3,(H2,19,24)/t18-/m1/s1. The highest BCUT2D eigenvalue weighted by atomic mass is 16.3. The van der Waals surface area contributed by atoms with Crippen molar-refractivity contribution in [2.45, 2.75) is 44.9 Å². The summed E-state index contributed by atoms with van der Waals surface area (Å²) in [5, 5.41) is 19.4. The summed E-state index contributed by atoms with van der Waals surface area (Å²) in [5.74, 6) is -0.428. The van der Waals surface area contributed by atoms with Crippen LogP contribution >= 0.6 is 0 Å². The number of rotatable bonds is 5. The Hall–Kier alpha value is -2.25. The zero-order chi connectivity index (χ0) is 18.0. The van der Waals surface area contributed by atoms with E-state index < -0.39 is 11.5 Å². The highest BCUT2D eigenvalue weighted by Crippen LogP contribution is 2.31. The predicted molar refractivity (Wildman–Crippen MR) is 93.8 cm³/mol. The van der Waals surface area contributed by atoms with Gasteiger partial charge in [-0.05, 0) is 50.9 Å². The molecule has 7 heteroatoms. The lowest BCUT2D eigenvalue weighted by molar-refractivity contribution is -0.0414. The number of β-amino-alcohol motifs (C(OH)–C–C–N with tert-alkyl or cyclic N) is 1. The molecule has 25 heavy (non-hydrogen) atoms. The van der Waals surface area contributed by atoms with Gasteiger partial charge in [-0.2, -0.15) is 0 Å². The van der Waals surface area contributed by atoms with Crippen LogP contribution in [0.2, 0.25) is 0 Å². The second-order valence-electron chi connectivity index (χ2n) is 7.09. The molecule has 2 heterocycles. The van der Waals surface area contributed by atoms with Gasteiger partial charge in [0.2, 0.25) is 5.91 Å². The van der Waals surface area contributed by atoms with Crippen molar-refractivity contribution in [1.82, 2.24) is 19.9 Å². The fourth-order valence-electron chi connectivity index (χ4n) is 3.29. The molecule has 3 N–H and O–H groups in total. The molecule has 7 nitrogen and oxygen atoms in total. The molecule has 1 amide bonds. The van der Waals surface area contributed by atoms with Crippen molar-refractivity contribution < 1.29 is 9.90 Å². The predicted octanol–water partition coefficient (Wildman–Crippen LogP) is 1.44. The molecule has 1 aliphatic heterocycles. The first-order valence-corrected chi connectivity index (χ1v) is 8.63. The molecule has 3 rings (SSSR count). The highest BCUT2D eigenvalue weighted by Gasteiger charge is 2.37. The van der Waals surface area contributed by atoms with Gasteiger partial charge in [-0.25, -0.2) is 4.68 Å². The lowest BCUT2D eigenvalue weighted by Crippen LogP contribution is -2.46. The molecule has 0 radical (unpaired) electrons. The lowest BCUT2D eigenvalue weighted by Gasteiger charge is -2.38. The van der Waals surface area contributed by atoms with E-state index in [1.807, 2.05) is 38.2 Å². The molecular weight excluding hydrogens is 318 g/mol. The summed E-state index contributed by atoms with van der Waals surface area (Å²) in [6.45, 7) is 6.09. The van der Waals surface area contributed by atoms with Gasteiger partial charge in [-0.1, -0.05) is 17.3 Å². The molecule has 1 atom stereocenters. The number of piperidine rings is 1. The Morgan fingerprint density at radius 2 is 2.24 bits per heavy atom. The zero-order valence-corrected chi connectivity index (χ0v) is 14.7. The second kappa shape index (κ2) is 6.93. The monoisotopic (exact) mass is 343 g/mol. The average molecular weight is 343 g/mol. The third kappa shape index (κ3) is 3.88. The van der Waals surface area contributed by atoms with Crippen molar-refractivity contribution in [2.75, 3.05) is 13.1 Å². The average Bonchev–Trinajstić information content (AvgIpc) is 3.06. The summed E-state index contributed by atoms with van der Waals surface area (Å²) in [7, 11) is 0. The van der Waals surface area contributed by atoms with Crippen molar-refractivity contribution >= 4 is 5.91 Å². The van der Waals surface area contributed by atoms with Crippen LogP contribution in [-0.4, -0.2) is 44.0 Å². The van der Waals surface area contributed by atoms with E-state index in [2.05, 4.69) is 15.2 Å². The van der Waals surface area contributed by atoms with Crippen LogP contribution in [-0.2, 0) is 12.1 Å². The normalized spacial score (nSPS) is 21.6. The highest BCUT2D eigenvalue weighted by molar-refractivity contribution is 5.92. The van der Waals surface area contributed by atoms with E-state index in [0.29, 0.717) is 30.8 Å². The van der Waals surface area contributed by atoms with Crippen molar-refractivity contribution in [3.05, 3.63) is 47.3 Å². The number of aliphatic hydroxyl groups is 1. The number of carbonyl (C=O) groups is 1. The molecule has 0 saturated carbocycles. The molecule has 2 aromatic rings. The van der Waals surface area contributed by atoms with E-state index in [1.165, 1.54) is 0 Å². The van der Waals surface area contributed by atoms with Gasteiger partial charge >= 0.3 is 0 Å². The van der Waals surface area contributed by atoms with Crippen LogP contribution in [0.3, 0.4) is 0 Å². The fraction of sp³-hybridized carbons (Fsp3) is 0.500. The Morgan fingerprint density at radius 1 is 1.44 bits per heavy atom. The van der Waals surface area contributed by atoms with Crippen LogP contribution in [0.15, 0.2) is 30.5 Å². The number of primary amides is 1. The van der Waals surface area contributed by atoms with Gasteiger partial charge < -0.3 is 10.8 Å². The molecule has 1 aliphatic rings. The van der Waals surface area contributed by atoms with Crippen LogP contribution in [0.1, 0.15) is 54.3 Å². The Labute approximate surface area is 147 Å².